The van der Waals surface area contributed by atoms with Gasteiger partial charge in [0.1, 0.15) is 5.69 Å². The number of hydrogen-bond donors (Lipinski definition) is 1. The van der Waals surface area contributed by atoms with Gasteiger partial charge in [-0.15, -0.1) is 11.3 Å². The maximum Gasteiger partial charge on any atom is 0.277 e. The van der Waals surface area contributed by atoms with Gasteiger partial charge in [-0.1, -0.05) is 35.0 Å². The Bertz CT molecular complexity index is 995. The average molecular weight is 433 g/mol. The van der Waals surface area contributed by atoms with E-state index < -0.39 is 0 Å². The van der Waals surface area contributed by atoms with Crippen molar-refractivity contribution in [2.45, 2.75) is 26.8 Å². The third-order valence-corrected chi connectivity index (χ3v) is 5.08. The fourth-order valence-electron chi connectivity index (χ4n) is 2.43. The molecular weight excluding hydrogens is 416 g/mol. The molecule has 1 N–H and O–H groups in total. The molecule has 0 unspecified atom stereocenters. The van der Waals surface area contributed by atoms with Crippen LogP contribution in [0.2, 0.25) is 0 Å². The van der Waals surface area contributed by atoms with Gasteiger partial charge in [-0.3, -0.25) is 14.9 Å². The number of thiazole rings is 1. The van der Waals surface area contributed by atoms with E-state index in [4.69, 9.17) is 0 Å². The second kappa shape index (κ2) is 7.92. The monoisotopic (exact) mass is 432 g/mol. The van der Waals surface area contributed by atoms with Crippen LogP contribution in [0.25, 0.3) is 11.3 Å². The number of aromatic nitrogens is 3. The zero-order valence-electron chi connectivity index (χ0n) is 14.3. The standard InChI is InChI=1S/C18H17BrN4O2S/c1-3-10-23-15(24)9-8-14(22-23)17(25)21-18-20-16(11(2)26-18)12-4-6-13(19)7-5-12/h4-9H,3,10H2,1-2H3,(H,20,21,25). The Labute approximate surface area is 163 Å². The van der Waals surface area contributed by atoms with Crippen LogP contribution >= 0.6 is 27.3 Å². The highest BCUT2D eigenvalue weighted by atomic mass is 79.9. The molecule has 8 heteroatoms. The van der Waals surface area contributed by atoms with Crippen molar-refractivity contribution in [2.24, 2.45) is 0 Å². The lowest BCUT2D eigenvalue weighted by molar-refractivity contribution is 0.101. The highest BCUT2D eigenvalue weighted by molar-refractivity contribution is 9.10. The fourth-order valence-corrected chi connectivity index (χ4v) is 3.52. The molecule has 3 aromatic rings. The zero-order chi connectivity index (χ0) is 18.7. The van der Waals surface area contributed by atoms with Crippen molar-refractivity contribution < 1.29 is 4.79 Å². The maximum atomic E-state index is 12.5. The van der Waals surface area contributed by atoms with Crippen LogP contribution in [-0.4, -0.2) is 20.7 Å². The quantitative estimate of drug-likeness (QED) is 0.658. The molecule has 0 bridgehead atoms. The summed E-state index contributed by atoms with van der Waals surface area (Å²) in [5.74, 6) is -0.383. The average Bonchev–Trinajstić information content (AvgIpc) is 2.98. The molecule has 26 heavy (non-hydrogen) atoms. The van der Waals surface area contributed by atoms with E-state index in [-0.39, 0.29) is 17.2 Å². The number of halogens is 1. The highest BCUT2D eigenvalue weighted by Gasteiger charge is 2.15. The van der Waals surface area contributed by atoms with Crippen LogP contribution in [0.3, 0.4) is 0 Å². The Balaban J connectivity index is 1.82. The number of nitrogens with zero attached hydrogens (tertiary/aromatic N) is 3. The van der Waals surface area contributed by atoms with Crippen LogP contribution in [0.15, 0.2) is 45.7 Å². The van der Waals surface area contributed by atoms with Crippen molar-refractivity contribution in [1.29, 1.82) is 0 Å². The number of anilines is 1. The van der Waals surface area contributed by atoms with Gasteiger partial charge in [0.2, 0.25) is 0 Å². The Morgan fingerprint density at radius 1 is 1.23 bits per heavy atom. The van der Waals surface area contributed by atoms with Crippen molar-refractivity contribution in [1.82, 2.24) is 14.8 Å². The lowest BCUT2D eigenvalue weighted by Gasteiger charge is -2.05. The molecule has 0 fully saturated rings. The van der Waals surface area contributed by atoms with E-state index in [1.54, 1.807) is 0 Å². The van der Waals surface area contributed by atoms with E-state index in [0.29, 0.717) is 11.7 Å². The highest BCUT2D eigenvalue weighted by Crippen LogP contribution is 2.31. The smallest absolute Gasteiger partial charge is 0.277 e. The minimum atomic E-state index is -0.383. The lowest BCUT2D eigenvalue weighted by atomic mass is 10.1. The molecule has 0 spiro atoms. The molecule has 0 radical (unpaired) electrons. The summed E-state index contributed by atoms with van der Waals surface area (Å²) in [6.45, 7) is 4.39. The molecule has 0 saturated carbocycles. The summed E-state index contributed by atoms with van der Waals surface area (Å²) in [4.78, 5) is 29.7. The Morgan fingerprint density at radius 2 is 1.96 bits per heavy atom. The molecule has 0 atom stereocenters. The van der Waals surface area contributed by atoms with Crippen LogP contribution in [0.5, 0.6) is 0 Å². The van der Waals surface area contributed by atoms with Gasteiger partial charge < -0.3 is 0 Å². The van der Waals surface area contributed by atoms with Crippen molar-refractivity contribution >= 4 is 38.3 Å². The van der Waals surface area contributed by atoms with E-state index in [1.165, 1.54) is 28.2 Å². The Morgan fingerprint density at radius 3 is 2.65 bits per heavy atom. The predicted molar refractivity (Wildman–Crippen MR) is 107 cm³/mol. The minimum Gasteiger partial charge on any atom is -0.296 e. The molecule has 0 aliphatic carbocycles. The van der Waals surface area contributed by atoms with E-state index in [2.05, 4.69) is 31.3 Å². The van der Waals surface area contributed by atoms with Gasteiger partial charge in [-0.05, 0) is 31.5 Å². The molecule has 1 amide bonds. The number of hydrogen-bond acceptors (Lipinski definition) is 5. The van der Waals surface area contributed by atoms with Gasteiger partial charge in [-0.25, -0.2) is 9.67 Å². The molecule has 0 aliphatic heterocycles. The maximum absolute atomic E-state index is 12.5. The number of nitrogens with one attached hydrogen (secondary N) is 1. The minimum absolute atomic E-state index is 0.191. The normalized spacial score (nSPS) is 10.7. The summed E-state index contributed by atoms with van der Waals surface area (Å²) in [6, 6.07) is 10.6. The fraction of sp³-hybridized carbons (Fsp3) is 0.222. The molecular formula is C18H17BrN4O2S. The summed E-state index contributed by atoms with van der Waals surface area (Å²) in [6.07, 6.45) is 0.764. The lowest BCUT2D eigenvalue weighted by Crippen LogP contribution is -2.26. The summed E-state index contributed by atoms with van der Waals surface area (Å²) < 4.78 is 2.30. The first kappa shape index (κ1) is 18.5. The number of carbonyl (C=O) groups excluding carboxylic acids is 1. The Hall–Kier alpha value is -2.32. The van der Waals surface area contributed by atoms with Gasteiger partial charge in [-0.2, -0.15) is 5.10 Å². The van der Waals surface area contributed by atoms with Crippen molar-refractivity contribution in [3.8, 4) is 11.3 Å². The summed E-state index contributed by atoms with van der Waals surface area (Å²) in [7, 11) is 0. The van der Waals surface area contributed by atoms with Gasteiger partial charge >= 0.3 is 0 Å². The van der Waals surface area contributed by atoms with Crippen molar-refractivity contribution in [2.75, 3.05) is 5.32 Å². The third-order valence-electron chi connectivity index (χ3n) is 3.67. The zero-order valence-corrected chi connectivity index (χ0v) is 16.7. The molecule has 0 aliphatic rings. The van der Waals surface area contributed by atoms with Crippen molar-refractivity contribution in [3.05, 3.63) is 61.8 Å². The van der Waals surface area contributed by atoms with E-state index in [9.17, 15) is 9.59 Å². The number of benzene rings is 1. The van der Waals surface area contributed by atoms with Gasteiger partial charge in [0.15, 0.2) is 5.13 Å². The van der Waals surface area contributed by atoms with Crippen LogP contribution in [-0.2, 0) is 6.54 Å². The van der Waals surface area contributed by atoms with E-state index in [1.807, 2.05) is 38.1 Å². The predicted octanol–water partition coefficient (Wildman–Crippen LogP) is 4.10. The van der Waals surface area contributed by atoms with Crippen LogP contribution in [0.1, 0.15) is 28.7 Å². The SMILES string of the molecule is CCCn1nc(C(=O)Nc2nc(-c3ccc(Br)cc3)c(C)s2)ccc1=O. The van der Waals surface area contributed by atoms with Crippen LogP contribution in [0.4, 0.5) is 5.13 Å². The number of aryl methyl sites for hydroxylation is 2. The third kappa shape index (κ3) is 4.08. The first-order chi connectivity index (χ1) is 12.5. The molecule has 0 saturated heterocycles. The Kier molecular flexibility index (Phi) is 5.63. The molecule has 2 heterocycles. The van der Waals surface area contributed by atoms with Crippen LogP contribution in [0, 0.1) is 6.92 Å². The summed E-state index contributed by atoms with van der Waals surface area (Å²) >= 11 is 4.82. The molecule has 2 aromatic heterocycles. The van der Waals surface area contributed by atoms with Gasteiger partial charge in [0.25, 0.3) is 11.5 Å². The largest absolute Gasteiger partial charge is 0.296 e. The molecule has 1 aromatic carbocycles. The second-order valence-electron chi connectivity index (χ2n) is 5.66. The second-order valence-corrected chi connectivity index (χ2v) is 7.78. The number of carbonyl (C=O) groups is 1. The van der Waals surface area contributed by atoms with Gasteiger partial charge in [0, 0.05) is 27.5 Å². The number of amides is 1. The summed E-state index contributed by atoms with van der Waals surface area (Å²) in [5, 5.41) is 7.39. The van der Waals surface area contributed by atoms with E-state index in [0.717, 1.165) is 27.0 Å². The first-order valence-electron chi connectivity index (χ1n) is 8.11. The summed E-state index contributed by atoms with van der Waals surface area (Å²) in [5.41, 5.74) is 1.79. The van der Waals surface area contributed by atoms with Crippen molar-refractivity contribution in [3.63, 3.8) is 0 Å². The molecule has 3 rings (SSSR count). The first-order valence-corrected chi connectivity index (χ1v) is 9.71. The number of rotatable bonds is 5. The molecule has 134 valence electrons. The topological polar surface area (TPSA) is 76.9 Å². The van der Waals surface area contributed by atoms with E-state index >= 15 is 0 Å². The van der Waals surface area contributed by atoms with Gasteiger partial charge in [0.05, 0.1) is 5.69 Å². The molecule has 6 nitrogen and oxygen atoms in total. The van der Waals surface area contributed by atoms with Crippen LogP contribution < -0.4 is 10.9 Å².